The van der Waals surface area contributed by atoms with Gasteiger partial charge in [-0.25, -0.2) is 0 Å². The lowest BCUT2D eigenvalue weighted by molar-refractivity contribution is -0.137. The highest BCUT2D eigenvalue weighted by atomic mass is 19.4. The molecule has 0 bridgehead atoms. The van der Waals surface area contributed by atoms with Gasteiger partial charge in [-0.15, -0.1) is 0 Å². The summed E-state index contributed by atoms with van der Waals surface area (Å²) in [5, 5.41) is 0. The van der Waals surface area contributed by atoms with E-state index in [1.54, 1.807) is 0 Å². The third kappa shape index (κ3) is 2.98. The Morgan fingerprint density at radius 3 is 2.19 bits per heavy atom. The third-order valence-corrected chi connectivity index (χ3v) is 1.71. The van der Waals surface area contributed by atoms with Gasteiger partial charge >= 0.3 is 12.8 Å². The lowest BCUT2D eigenvalue weighted by atomic mass is 10.2. The minimum absolute atomic E-state index is 0.393. The SMILES string of the molecule is COc1cc(C(F)(F)F)ccc1OC(F)F. The van der Waals surface area contributed by atoms with Crippen LogP contribution in [0.15, 0.2) is 18.2 Å². The van der Waals surface area contributed by atoms with Gasteiger partial charge in [0.15, 0.2) is 11.5 Å². The van der Waals surface area contributed by atoms with E-state index in [-0.39, 0.29) is 0 Å². The monoisotopic (exact) mass is 242 g/mol. The van der Waals surface area contributed by atoms with Gasteiger partial charge in [-0.1, -0.05) is 0 Å². The van der Waals surface area contributed by atoms with Gasteiger partial charge in [0.2, 0.25) is 0 Å². The van der Waals surface area contributed by atoms with Crippen LogP contribution in [0.4, 0.5) is 22.0 Å². The molecule has 1 rings (SSSR count). The van der Waals surface area contributed by atoms with Crippen molar-refractivity contribution in [3.8, 4) is 11.5 Å². The van der Waals surface area contributed by atoms with Crippen molar-refractivity contribution in [3.05, 3.63) is 23.8 Å². The first-order valence-electron chi connectivity index (χ1n) is 4.04. The van der Waals surface area contributed by atoms with Crippen molar-refractivity contribution < 1.29 is 31.4 Å². The molecule has 0 heterocycles. The lowest BCUT2D eigenvalue weighted by Crippen LogP contribution is -2.07. The fourth-order valence-electron chi connectivity index (χ4n) is 1.04. The third-order valence-electron chi connectivity index (χ3n) is 1.71. The molecule has 0 aliphatic carbocycles. The molecule has 0 atom stereocenters. The average Bonchev–Trinajstić information content (AvgIpc) is 2.15. The zero-order valence-corrected chi connectivity index (χ0v) is 8.02. The molecule has 0 N–H and O–H groups in total. The summed E-state index contributed by atoms with van der Waals surface area (Å²) >= 11 is 0. The van der Waals surface area contributed by atoms with E-state index in [2.05, 4.69) is 9.47 Å². The smallest absolute Gasteiger partial charge is 0.416 e. The number of methoxy groups -OCH3 is 1. The van der Waals surface area contributed by atoms with Gasteiger partial charge in [0.25, 0.3) is 0 Å². The Labute approximate surface area is 87.6 Å². The van der Waals surface area contributed by atoms with Gasteiger partial charge in [-0.05, 0) is 18.2 Å². The van der Waals surface area contributed by atoms with E-state index in [1.807, 2.05) is 0 Å². The van der Waals surface area contributed by atoms with Crippen LogP contribution in [0.1, 0.15) is 5.56 Å². The molecule has 0 saturated carbocycles. The first kappa shape index (κ1) is 12.5. The van der Waals surface area contributed by atoms with Crippen molar-refractivity contribution in [1.82, 2.24) is 0 Å². The molecule has 16 heavy (non-hydrogen) atoms. The second-order valence-electron chi connectivity index (χ2n) is 2.74. The molecular weight excluding hydrogens is 235 g/mol. The highest BCUT2D eigenvalue weighted by Crippen LogP contribution is 2.36. The Hall–Kier alpha value is -1.53. The Bertz CT molecular complexity index is 361. The number of hydrogen-bond acceptors (Lipinski definition) is 2. The minimum Gasteiger partial charge on any atom is -0.493 e. The number of rotatable bonds is 3. The summed E-state index contributed by atoms with van der Waals surface area (Å²) in [6, 6.07) is 2.02. The molecule has 90 valence electrons. The van der Waals surface area contributed by atoms with E-state index in [4.69, 9.17) is 0 Å². The number of hydrogen-bond donors (Lipinski definition) is 0. The zero-order valence-electron chi connectivity index (χ0n) is 8.02. The maximum Gasteiger partial charge on any atom is 0.416 e. The Morgan fingerprint density at radius 1 is 1.12 bits per heavy atom. The average molecular weight is 242 g/mol. The van der Waals surface area contributed by atoms with Crippen LogP contribution in [0, 0.1) is 0 Å². The van der Waals surface area contributed by atoms with Crippen molar-refractivity contribution in [2.45, 2.75) is 12.8 Å². The largest absolute Gasteiger partial charge is 0.493 e. The number of alkyl halides is 5. The van der Waals surface area contributed by atoms with E-state index in [1.165, 1.54) is 0 Å². The van der Waals surface area contributed by atoms with Crippen molar-refractivity contribution >= 4 is 0 Å². The van der Waals surface area contributed by atoms with E-state index in [0.29, 0.717) is 12.1 Å². The first-order valence-corrected chi connectivity index (χ1v) is 4.04. The van der Waals surface area contributed by atoms with Gasteiger partial charge in [0, 0.05) is 0 Å². The van der Waals surface area contributed by atoms with Gasteiger partial charge in [0.1, 0.15) is 0 Å². The molecule has 0 fully saturated rings. The molecule has 0 amide bonds. The quantitative estimate of drug-likeness (QED) is 0.757. The molecular formula is C9H7F5O2. The minimum atomic E-state index is -4.56. The van der Waals surface area contributed by atoms with Gasteiger partial charge < -0.3 is 9.47 Å². The van der Waals surface area contributed by atoms with E-state index in [0.717, 1.165) is 13.2 Å². The Morgan fingerprint density at radius 2 is 1.75 bits per heavy atom. The molecule has 0 unspecified atom stereocenters. The normalized spacial score (nSPS) is 11.7. The van der Waals surface area contributed by atoms with Gasteiger partial charge in [0.05, 0.1) is 12.7 Å². The van der Waals surface area contributed by atoms with Crippen molar-refractivity contribution in [2.75, 3.05) is 7.11 Å². The maximum absolute atomic E-state index is 12.3. The topological polar surface area (TPSA) is 18.5 Å². The summed E-state index contributed by atoms with van der Waals surface area (Å²) in [4.78, 5) is 0. The highest BCUT2D eigenvalue weighted by Gasteiger charge is 2.31. The second kappa shape index (κ2) is 4.54. The molecule has 0 aromatic heterocycles. The zero-order chi connectivity index (χ0) is 12.3. The molecule has 1 aromatic carbocycles. The molecule has 0 spiro atoms. The van der Waals surface area contributed by atoms with Crippen molar-refractivity contribution in [1.29, 1.82) is 0 Å². The highest BCUT2D eigenvalue weighted by molar-refractivity contribution is 5.43. The number of halogens is 5. The maximum atomic E-state index is 12.3. The molecule has 0 aliphatic rings. The van der Waals surface area contributed by atoms with Crippen LogP contribution in [0.25, 0.3) is 0 Å². The van der Waals surface area contributed by atoms with Crippen LogP contribution in [-0.4, -0.2) is 13.7 Å². The van der Waals surface area contributed by atoms with Crippen LogP contribution < -0.4 is 9.47 Å². The van der Waals surface area contributed by atoms with Crippen LogP contribution in [0.5, 0.6) is 11.5 Å². The fourth-order valence-corrected chi connectivity index (χ4v) is 1.04. The number of benzene rings is 1. The predicted octanol–water partition coefficient (Wildman–Crippen LogP) is 3.32. The fraction of sp³-hybridized carbons (Fsp3) is 0.333. The van der Waals surface area contributed by atoms with Crippen molar-refractivity contribution in [2.24, 2.45) is 0 Å². The predicted molar refractivity (Wildman–Crippen MR) is 44.6 cm³/mol. The van der Waals surface area contributed by atoms with Crippen LogP contribution in [0.2, 0.25) is 0 Å². The Kier molecular flexibility index (Phi) is 3.56. The van der Waals surface area contributed by atoms with Crippen LogP contribution in [-0.2, 0) is 6.18 Å². The molecule has 2 nitrogen and oxygen atoms in total. The Balaban J connectivity index is 3.07. The van der Waals surface area contributed by atoms with E-state index in [9.17, 15) is 22.0 Å². The molecule has 0 radical (unpaired) electrons. The summed E-state index contributed by atoms with van der Waals surface area (Å²) in [5.74, 6) is -0.833. The van der Waals surface area contributed by atoms with Gasteiger partial charge in [-0.3, -0.25) is 0 Å². The van der Waals surface area contributed by atoms with E-state index >= 15 is 0 Å². The first-order chi connectivity index (χ1) is 7.34. The van der Waals surface area contributed by atoms with Crippen LogP contribution in [0.3, 0.4) is 0 Å². The van der Waals surface area contributed by atoms with Crippen molar-refractivity contribution in [3.63, 3.8) is 0 Å². The van der Waals surface area contributed by atoms with Crippen LogP contribution >= 0.6 is 0 Å². The summed E-state index contributed by atoms with van der Waals surface area (Å²) < 4.78 is 69.0. The second-order valence-corrected chi connectivity index (χ2v) is 2.74. The standard InChI is InChI=1S/C9H7F5O2/c1-15-7-4-5(9(12,13)14)2-3-6(7)16-8(10)11/h2-4,8H,1H3. The van der Waals surface area contributed by atoms with E-state index < -0.39 is 29.9 Å². The van der Waals surface area contributed by atoms with Gasteiger partial charge in [-0.2, -0.15) is 22.0 Å². The molecule has 1 aromatic rings. The summed E-state index contributed by atoms with van der Waals surface area (Å²) in [6.45, 7) is -3.12. The lowest BCUT2D eigenvalue weighted by Gasteiger charge is -2.12. The summed E-state index contributed by atoms with van der Waals surface area (Å²) in [5.41, 5.74) is -0.994. The molecule has 7 heteroatoms. The summed E-state index contributed by atoms with van der Waals surface area (Å²) in [7, 11) is 1.06. The summed E-state index contributed by atoms with van der Waals surface area (Å²) in [6.07, 6.45) is -4.56. The number of ether oxygens (including phenoxy) is 2. The molecule has 0 aliphatic heterocycles. The molecule has 0 saturated heterocycles.